The maximum absolute atomic E-state index is 11.9. The fraction of sp³-hybridized carbons (Fsp3) is 0.467. The van der Waals surface area contributed by atoms with Crippen molar-refractivity contribution in [3.63, 3.8) is 0 Å². The number of nitrogens with zero attached hydrogens (tertiary/aromatic N) is 1. The molecule has 0 aliphatic heterocycles. The number of carboxylic acid groups (broad SMARTS) is 1. The number of aromatic carboxylic acids is 1. The highest BCUT2D eigenvalue weighted by Crippen LogP contribution is 2.27. The van der Waals surface area contributed by atoms with Gasteiger partial charge >= 0.3 is 5.97 Å². The quantitative estimate of drug-likeness (QED) is 0.908. The molecule has 19 heavy (non-hydrogen) atoms. The SMILES string of the molecule is CC(=O)N(c1cccc(C(=O)O)c1C)C(C)C(C)C. The third-order valence-electron chi connectivity index (χ3n) is 3.51. The van der Waals surface area contributed by atoms with Crippen LogP contribution in [-0.4, -0.2) is 23.0 Å². The molecular formula is C15H21NO3. The molecule has 0 aliphatic rings. The summed E-state index contributed by atoms with van der Waals surface area (Å²) in [6.07, 6.45) is 0. The van der Waals surface area contributed by atoms with Gasteiger partial charge in [-0.05, 0) is 37.5 Å². The molecule has 0 aliphatic carbocycles. The lowest BCUT2D eigenvalue weighted by atomic mass is 10.0. The third-order valence-corrected chi connectivity index (χ3v) is 3.51. The van der Waals surface area contributed by atoms with Gasteiger partial charge in [0.15, 0.2) is 0 Å². The first-order chi connectivity index (χ1) is 8.77. The van der Waals surface area contributed by atoms with E-state index in [-0.39, 0.29) is 23.4 Å². The van der Waals surface area contributed by atoms with Gasteiger partial charge in [-0.2, -0.15) is 0 Å². The first kappa shape index (κ1) is 15.2. The number of benzene rings is 1. The molecule has 0 fully saturated rings. The van der Waals surface area contributed by atoms with Gasteiger partial charge in [-0.1, -0.05) is 19.9 Å². The second-order valence-electron chi connectivity index (χ2n) is 5.13. The largest absolute Gasteiger partial charge is 0.478 e. The second kappa shape index (κ2) is 5.87. The number of anilines is 1. The molecule has 1 aromatic carbocycles. The minimum absolute atomic E-state index is 0.0141. The maximum Gasteiger partial charge on any atom is 0.336 e. The van der Waals surface area contributed by atoms with E-state index in [0.29, 0.717) is 11.3 Å². The number of hydrogen-bond donors (Lipinski definition) is 1. The summed E-state index contributed by atoms with van der Waals surface area (Å²) in [5, 5.41) is 9.15. The lowest BCUT2D eigenvalue weighted by Crippen LogP contribution is -2.40. The van der Waals surface area contributed by atoms with Crippen LogP contribution < -0.4 is 4.90 Å². The minimum atomic E-state index is -0.972. The molecule has 4 nitrogen and oxygen atoms in total. The van der Waals surface area contributed by atoms with Gasteiger partial charge in [0.2, 0.25) is 5.91 Å². The number of carbonyl (C=O) groups excluding carboxylic acids is 1. The molecule has 104 valence electrons. The second-order valence-corrected chi connectivity index (χ2v) is 5.13. The van der Waals surface area contributed by atoms with Crippen molar-refractivity contribution in [3.8, 4) is 0 Å². The number of rotatable bonds is 4. The highest BCUT2D eigenvalue weighted by Gasteiger charge is 2.24. The van der Waals surface area contributed by atoms with Gasteiger partial charge in [-0.25, -0.2) is 4.79 Å². The zero-order chi connectivity index (χ0) is 14.7. The van der Waals surface area contributed by atoms with Gasteiger partial charge < -0.3 is 10.0 Å². The Labute approximate surface area is 114 Å². The molecule has 0 heterocycles. The molecule has 1 amide bonds. The van der Waals surface area contributed by atoms with Crippen LogP contribution in [0.2, 0.25) is 0 Å². The standard InChI is InChI=1S/C15H21NO3/c1-9(2)11(4)16(12(5)17)14-8-6-7-13(10(14)3)15(18)19/h6-9,11H,1-5H3,(H,18,19). The van der Waals surface area contributed by atoms with Crippen molar-refractivity contribution < 1.29 is 14.7 Å². The van der Waals surface area contributed by atoms with E-state index in [4.69, 9.17) is 5.11 Å². The highest BCUT2D eigenvalue weighted by molar-refractivity contribution is 5.97. The number of hydrogen-bond acceptors (Lipinski definition) is 2. The van der Waals surface area contributed by atoms with Crippen LogP contribution in [0.5, 0.6) is 0 Å². The summed E-state index contributed by atoms with van der Waals surface area (Å²) in [4.78, 5) is 24.7. The molecule has 0 aromatic heterocycles. The van der Waals surface area contributed by atoms with Crippen molar-refractivity contribution in [1.29, 1.82) is 0 Å². The minimum Gasteiger partial charge on any atom is -0.478 e. The van der Waals surface area contributed by atoms with Crippen molar-refractivity contribution in [2.24, 2.45) is 5.92 Å². The molecule has 1 N–H and O–H groups in total. The normalized spacial score (nSPS) is 12.3. The molecule has 0 saturated carbocycles. The lowest BCUT2D eigenvalue weighted by Gasteiger charge is -2.32. The summed E-state index contributed by atoms with van der Waals surface area (Å²) in [6.45, 7) is 9.29. The summed E-state index contributed by atoms with van der Waals surface area (Å²) in [7, 11) is 0. The molecule has 0 bridgehead atoms. The van der Waals surface area contributed by atoms with Crippen LogP contribution >= 0.6 is 0 Å². The number of carbonyl (C=O) groups is 2. The Morgan fingerprint density at radius 3 is 2.21 bits per heavy atom. The smallest absolute Gasteiger partial charge is 0.336 e. The van der Waals surface area contributed by atoms with Crippen LogP contribution in [0.3, 0.4) is 0 Å². The van der Waals surface area contributed by atoms with Crippen molar-refractivity contribution in [1.82, 2.24) is 0 Å². The van der Waals surface area contributed by atoms with E-state index < -0.39 is 5.97 Å². The fourth-order valence-electron chi connectivity index (χ4n) is 2.09. The van der Waals surface area contributed by atoms with Crippen LogP contribution in [-0.2, 0) is 4.79 Å². The van der Waals surface area contributed by atoms with Gasteiger partial charge in [0.1, 0.15) is 0 Å². The van der Waals surface area contributed by atoms with E-state index in [1.54, 1.807) is 30.0 Å². The average Bonchev–Trinajstić information content (AvgIpc) is 2.30. The highest BCUT2D eigenvalue weighted by atomic mass is 16.4. The monoisotopic (exact) mass is 263 g/mol. The van der Waals surface area contributed by atoms with Gasteiger partial charge in [0, 0.05) is 18.7 Å². The van der Waals surface area contributed by atoms with Gasteiger partial charge in [0.25, 0.3) is 0 Å². The van der Waals surface area contributed by atoms with Crippen molar-refractivity contribution >= 4 is 17.6 Å². The van der Waals surface area contributed by atoms with Gasteiger partial charge in [0.05, 0.1) is 5.56 Å². The Kier molecular flexibility index (Phi) is 4.70. The van der Waals surface area contributed by atoms with E-state index in [1.807, 2.05) is 20.8 Å². The Bertz CT molecular complexity index is 494. The molecule has 0 saturated heterocycles. The van der Waals surface area contributed by atoms with E-state index >= 15 is 0 Å². The molecule has 0 spiro atoms. The van der Waals surface area contributed by atoms with Crippen LogP contribution in [0.25, 0.3) is 0 Å². The van der Waals surface area contributed by atoms with Crippen LogP contribution in [0, 0.1) is 12.8 Å². The van der Waals surface area contributed by atoms with Crippen molar-refractivity contribution in [2.45, 2.75) is 40.7 Å². The molecule has 4 heteroatoms. The summed E-state index contributed by atoms with van der Waals surface area (Å²) in [6, 6.07) is 5.04. The van der Waals surface area contributed by atoms with Gasteiger partial charge in [-0.3, -0.25) is 4.79 Å². The Balaban J connectivity index is 3.36. The van der Waals surface area contributed by atoms with E-state index in [9.17, 15) is 9.59 Å². The zero-order valence-corrected chi connectivity index (χ0v) is 12.1. The topological polar surface area (TPSA) is 57.6 Å². The van der Waals surface area contributed by atoms with Crippen molar-refractivity contribution in [2.75, 3.05) is 4.90 Å². The summed E-state index contributed by atoms with van der Waals surface area (Å²) >= 11 is 0. The van der Waals surface area contributed by atoms with Crippen molar-refractivity contribution in [3.05, 3.63) is 29.3 Å². The number of carboxylic acids is 1. The predicted octanol–water partition coefficient (Wildman–Crippen LogP) is 3.09. The fourth-order valence-corrected chi connectivity index (χ4v) is 2.09. The Morgan fingerprint density at radius 1 is 1.21 bits per heavy atom. The van der Waals surface area contributed by atoms with Crippen LogP contribution in [0.1, 0.15) is 43.6 Å². The van der Waals surface area contributed by atoms with E-state index in [0.717, 1.165) is 0 Å². The van der Waals surface area contributed by atoms with Gasteiger partial charge in [-0.15, -0.1) is 0 Å². The summed E-state index contributed by atoms with van der Waals surface area (Å²) < 4.78 is 0. The van der Waals surface area contributed by atoms with Crippen LogP contribution in [0.15, 0.2) is 18.2 Å². The molecule has 1 rings (SSSR count). The first-order valence-corrected chi connectivity index (χ1v) is 6.40. The molecular weight excluding hydrogens is 242 g/mol. The van der Waals surface area contributed by atoms with Crippen LogP contribution in [0.4, 0.5) is 5.69 Å². The predicted molar refractivity (Wildman–Crippen MR) is 75.6 cm³/mol. The Hall–Kier alpha value is -1.84. The molecule has 1 atom stereocenters. The Morgan fingerprint density at radius 2 is 1.79 bits per heavy atom. The summed E-state index contributed by atoms with van der Waals surface area (Å²) in [5.74, 6) is -0.760. The maximum atomic E-state index is 11.9. The van der Waals surface area contributed by atoms with E-state index in [1.165, 1.54) is 6.92 Å². The first-order valence-electron chi connectivity index (χ1n) is 6.40. The third kappa shape index (κ3) is 3.13. The molecule has 1 unspecified atom stereocenters. The number of amides is 1. The van der Waals surface area contributed by atoms with E-state index in [2.05, 4.69) is 0 Å². The molecule has 0 radical (unpaired) electrons. The average molecular weight is 263 g/mol. The zero-order valence-electron chi connectivity index (χ0n) is 12.1. The lowest BCUT2D eigenvalue weighted by molar-refractivity contribution is -0.117. The molecule has 1 aromatic rings. The summed E-state index contributed by atoms with van der Waals surface area (Å²) in [5.41, 5.74) is 1.53.